The molecule has 1 aromatic heterocycles. The zero-order valence-electron chi connectivity index (χ0n) is 17.5. The molecule has 0 unspecified atom stereocenters. The SMILES string of the molecule is Cc1ccc(S(=O)(=O)Nc2ccc(Nc3ncc(C(=O)c4ccccc4C)s3)cc2)cc1. The predicted molar refractivity (Wildman–Crippen MR) is 128 cm³/mol. The lowest BCUT2D eigenvalue weighted by molar-refractivity contribution is 0.104. The molecule has 8 heteroatoms. The van der Waals surface area contributed by atoms with Crippen molar-refractivity contribution in [3.63, 3.8) is 0 Å². The molecule has 4 rings (SSSR count). The molecule has 0 spiro atoms. The van der Waals surface area contributed by atoms with Crippen LogP contribution < -0.4 is 10.0 Å². The molecule has 0 atom stereocenters. The van der Waals surface area contributed by atoms with E-state index in [9.17, 15) is 13.2 Å². The Balaban J connectivity index is 1.44. The molecule has 0 amide bonds. The summed E-state index contributed by atoms with van der Waals surface area (Å²) in [6.45, 7) is 3.81. The van der Waals surface area contributed by atoms with Gasteiger partial charge in [-0.05, 0) is 55.8 Å². The minimum atomic E-state index is -3.66. The summed E-state index contributed by atoms with van der Waals surface area (Å²) in [5.41, 5.74) is 3.75. The van der Waals surface area contributed by atoms with Crippen molar-refractivity contribution in [3.8, 4) is 0 Å². The largest absolute Gasteiger partial charge is 0.332 e. The molecule has 2 N–H and O–H groups in total. The van der Waals surface area contributed by atoms with Gasteiger partial charge < -0.3 is 5.32 Å². The monoisotopic (exact) mass is 463 g/mol. The number of nitrogens with one attached hydrogen (secondary N) is 2. The molecule has 0 aliphatic rings. The third-order valence-corrected chi connectivity index (χ3v) is 7.15. The molecule has 1 heterocycles. The number of ketones is 1. The van der Waals surface area contributed by atoms with Crippen molar-refractivity contribution in [2.45, 2.75) is 18.7 Å². The Morgan fingerprint density at radius 2 is 1.53 bits per heavy atom. The number of aryl methyl sites for hydroxylation is 2. The van der Waals surface area contributed by atoms with E-state index in [-0.39, 0.29) is 10.7 Å². The number of anilines is 3. The Hall–Kier alpha value is -3.49. The van der Waals surface area contributed by atoms with E-state index in [1.165, 1.54) is 11.3 Å². The van der Waals surface area contributed by atoms with Gasteiger partial charge in [-0.25, -0.2) is 13.4 Å². The zero-order valence-corrected chi connectivity index (χ0v) is 19.1. The molecule has 0 aliphatic heterocycles. The van der Waals surface area contributed by atoms with E-state index < -0.39 is 10.0 Å². The van der Waals surface area contributed by atoms with Crippen molar-refractivity contribution in [2.24, 2.45) is 0 Å². The standard InChI is InChI=1S/C24H21N3O3S2/c1-16-7-13-20(14-8-16)32(29,30)27-19-11-9-18(10-12-19)26-24-25-15-22(31-24)23(28)21-6-4-3-5-17(21)2/h3-15,27H,1-2H3,(H,25,26). The Morgan fingerprint density at radius 1 is 0.875 bits per heavy atom. The molecule has 6 nitrogen and oxygen atoms in total. The molecule has 0 fully saturated rings. The molecule has 0 aliphatic carbocycles. The van der Waals surface area contributed by atoms with Crippen molar-refractivity contribution in [2.75, 3.05) is 10.0 Å². The molecule has 32 heavy (non-hydrogen) atoms. The summed E-state index contributed by atoms with van der Waals surface area (Å²) < 4.78 is 27.6. The Morgan fingerprint density at radius 3 is 2.22 bits per heavy atom. The summed E-state index contributed by atoms with van der Waals surface area (Å²) >= 11 is 1.27. The van der Waals surface area contributed by atoms with Crippen LogP contribution in [-0.4, -0.2) is 19.2 Å². The second-order valence-corrected chi connectivity index (χ2v) is 10.0. The Kier molecular flexibility index (Phi) is 6.07. The summed E-state index contributed by atoms with van der Waals surface area (Å²) in [4.78, 5) is 17.8. The number of sulfonamides is 1. The number of benzene rings is 3. The molecule has 3 aromatic carbocycles. The van der Waals surface area contributed by atoms with Gasteiger partial charge in [0.15, 0.2) is 5.13 Å². The number of thiazole rings is 1. The average Bonchev–Trinajstić information content (AvgIpc) is 3.24. The smallest absolute Gasteiger partial charge is 0.261 e. The van der Waals surface area contributed by atoms with E-state index in [1.54, 1.807) is 60.8 Å². The fraction of sp³-hybridized carbons (Fsp3) is 0.0833. The maximum Gasteiger partial charge on any atom is 0.261 e. The molecule has 0 saturated heterocycles. The third kappa shape index (κ3) is 4.87. The maximum absolute atomic E-state index is 12.7. The van der Waals surface area contributed by atoms with Crippen LogP contribution in [0.3, 0.4) is 0 Å². The molecular formula is C24H21N3O3S2. The lowest BCUT2D eigenvalue weighted by atomic mass is 10.0. The fourth-order valence-electron chi connectivity index (χ4n) is 3.07. The van der Waals surface area contributed by atoms with Crippen LogP contribution in [0.15, 0.2) is 83.9 Å². The first kappa shape index (κ1) is 21.7. The predicted octanol–water partition coefficient (Wildman–Crippen LogP) is 5.54. The first-order valence-corrected chi connectivity index (χ1v) is 12.1. The topological polar surface area (TPSA) is 88.2 Å². The number of carbonyl (C=O) groups is 1. The number of carbonyl (C=O) groups excluding carboxylic acids is 1. The first-order chi connectivity index (χ1) is 15.3. The second-order valence-electron chi connectivity index (χ2n) is 7.29. The van der Waals surface area contributed by atoms with Crippen LogP contribution in [0.4, 0.5) is 16.5 Å². The van der Waals surface area contributed by atoms with Crippen LogP contribution >= 0.6 is 11.3 Å². The van der Waals surface area contributed by atoms with Gasteiger partial charge in [-0.1, -0.05) is 53.3 Å². The van der Waals surface area contributed by atoms with Crippen LogP contribution in [0.1, 0.15) is 26.4 Å². The van der Waals surface area contributed by atoms with Crippen molar-refractivity contribution in [1.82, 2.24) is 4.98 Å². The number of hydrogen-bond donors (Lipinski definition) is 2. The minimum Gasteiger partial charge on any atom is -0.332 e. The normalized spacial score (nSPS) is 11.2. The lowest BCUT2D eigenvalue weighted by Crippen LogP contribution is -2.12. The van der Waals surface area contributed by atoms with Gasteiger partial charge in [0.1, 0.15) is 0 Å². The van der Waals surface area contributed by atoms with Crippen molar-refractivity contribution < 1.29 is 13.2 Å². The van der Waals surface area contributed by atoms with Crippen LogP contribution in [0.2, 0.25) is 0 Å². The molecule has 0 radical (unpaired) electrons. The summed E-state index contributed by atoms with van der Waals surface area (Å²) in [7, 11) is -3.66. The van der Waals surface area contributed by atoms with Crippen molar-refractivity contribution >= 4 is 43.6 Å². The molecule has 0 saturated carbocycles. The quantitative estimate of drug-likeness (QED) is 0.352. The van der Waals surface area contributed by atoms with E-state index in [0.717, 1.165) is 16.8 Å². The van der Waals surface area contributed by atoms with Crippen LogP contribution in [0, 0.1) is 13.8 Å². The first-order valence-electron chi connectivity index (χ1n) is 9.84. The van der Waals surface area contributed by atoms with E-state index in [1.807, 2.05) is 32.0 Å². The van der Waals surface area contributed by atoms with Gasteiger partial charge in [0.2, 0.25) is 5.78 Å². The van der Waals surface area contributed by atoms with Gasteiger partial charge in [-0.2, -0.15) is 0 Å². The molecule has 4 aromatic rings. The van der Waals surface area contributed by atoms with E-state index in [4.69, 9.17) is 0 Å². The Bertz CT molecular complexity index is 1360. The highest BCUT2D eigenvalue weighted by atomic mass is 32.2. The number of rotatable bonds is 7. The summed E-state index contributed by atoms with van der Waals surface area (Å²) in [5.74, 6) is -0.0606. The van der Waals surface area contributed by atoms with Crippen molar-refractivity contribution in [3.05, 3.63) is 101 Å². The van der Waals surface area contributed by atoms with Crippen molar-refractivity contribution in [1.29, 1.82) is 0 Å². The van der Waals surface area contributed by atoms with E-state index in [2.05, 4.69) is 15.0 Å². The minimum absolute atomic E-state index is 0.0606. The zero-order chi connectivity index (χ0) is 22.7. The van der Waals surface area contributed by atoms with Crippen LogP contribution in [0.5, 0.6) is 0 Å². The van der Waals surface area contributed by atoms with Gasteiger partial charge in [0, 0.05) is 16.9 Å². The van der Waals surface area contributed by atoms with E-state index in [0.29, 0.717) is 21.3 Å². The van der Waals surface area contributed by atoms with Gasteiger partial charge in [0.05, 0.1) is 16.0 Å². The molecular weight excluding hydrogens is 442 g/mol. The molecule has 162 valence electrons. The van der Waals surface area contributed by atoms with E-state index >= 15 is 0 Å². The summed E-state index contributed by atoms with van der Waals surface area (Å²) in [5, 5.41) is 3.73. The molecule has 0 bridgehead atoms. The third-order valence-electron chi connectivity index (χ3n) is 4.84. The summed E-state index contributed by atoms with van der Waals surface area (Å²) in [6, 6.07) is 20.9. The lowest BCUT2D eigenvalue weighted by Gasteiger charge is -2.09. The van der Waals surface area contributed by atoms with Gasteiger partial charge in [0.25, 0.3) is 10.0 Å². The summed E-state index contributed by atoms with van der Waals surface area (Å²) in [6.07, 6.45) is 1.56. The highest BCUT2D eigenvalue weighted by molar-refractivity contribution is 7.92. The van der Waals surface area contributed by atoms with Gasteiger partial charge >= 0.3 is 0 Å². The van der Waals surface area contributed by atoms with Crippen LogP contribution in [-0.2, 0) is 10.0 Å². The Labute approximate surface area is 191 Å². The highest BCUT2D eigenvalue weighted by Crippen LogP contribution is 2.26. The maximum atomic E-state index is 12.7. The van der Waals surface area contributed by atoms with Crippen LogP contribution in [0.25, 0.3) is 0 Å². The number of aromatic nitrogens is 1. The number of nitrogens with zero attached hydrogens (tertiary/aromatic N) is 1. The average molecular weight is 464 g/mol. The van der Waals surface area contributed by atoms with Gasteiger partial charge in [-0.3, -0.25) is 9.52 Å². The number of hydrogen-bond acceptors (Lipinski definition) is 6. The second kappa shape index (κ2) is 8.94. The van der Waals surface area contributed by atoms with Gasteiger partial charge in [-0.15, -0.1) is 0 Å². The fourth-order valence-corrected chi connectivity index (χ4v) is 4.92. The highest BCUT2D eigenvalue weighted by Gasteiger charge is 2.16.